The van der Waals surface area contributed by atoms with E-state index in [1.54, 1.807) is 5.57 Å². The van der Waals surface area contributed by atoms with Crippen molar-refractivity contribution in [3.63, 3.8) is 0 Å². The molecule has 2 unspecified atom stereocenters. The number of nitrogens with two attached hydrogens (primary N) is 1. The molecule has 1 aliphatic heterocycles. The van der Waals surface area contributed by atoms with E-state index >= 15 is 0 Å². The molecule has 1 saturated carbocycles. The van der Waals surface area contributed by atoms with Gasteiger partial charge < -0.3 is 10.5 Å². The summed E-state index contributed by atoms with van der Waals surface area (Å²) in [5.41, 5.74) is 8.36. The van der Waals surface area contributed by atoms with Crippen molar-refractivity contribution in [1.29, 1.82) is 0 Å². The Hall–Kier alpha value is -0.340. The first-order chi connectivity index (χ1) is 8.77. The summed E-state index contributed by atoms with van der Waals surface area (Å²) in [5, 5.41) is 0. The van der Waals surface area contributed by atoms with Crippen LogP contribution >= 0.6 is 0 Å². The molecule has 1 spiro atoms. The van der Waals surface area contributed by atoms with Crippen LogP contribution in [-0.2, 0) is 4.74 Å². The highest BCUT2D eigenvalue weighted by atomic mass is 16.5. The number of allylic oxidation sites excluding steroid dienone is 1. The Labute approximate surface area is 111 Å². The molecule has 2 aliphatic carbocycles. The Morgan fingerprint density at radius 2 is 2.22 bits per heavy atom. The van der Waals surface area contributed by atoms with E-state index in [0.29, 0.717) is 12.0 Å². The van der Waals surface area contributed by atoms with Gasteiger partial charge in [-0.05, 0) is 70.1 Å². The molecule has 3 aliphatic rings. The molecule has 1 saturated heterocycles. The zero-order valence-electron chi connectivity index (χ0n) is 11.5. The molecule has 2 heteroatoms. The molecule has 0 aromatic heterocycles. The van der Waals surface area contributed by atoms with E-state index in [1.807, 2.05) is 0 Å². The molecule has 2 atom stereocenters. The van der Waals surface area contributed by atoms with Gasteiger partial charge in [0.15, 0.2) is 0 Å². The molecule has 0 aromatic carbocycles. The number of ether oxygens (including phenoxy) is 1. The maximum absolute atomic E-state index is 6.48. The third-order valence-electron chi connectivity index (χ3n) is 5.28. The van der Waals surface area contributed by atoms with Gasteiger partial charge in [0, 0.05) is 12.6 Å². The standard InChI is InChI=1S/C16H27NO/c17-15(11-13-5-2-1-3-6-13)14-7-10-18-16(12-14)8-4-9-16/h5,14-15H,1-4,6-12,17H2. The highest BCUT2D eigenvalue weighted by molar-refractivity contribution is 5.08. The predicted molar refractivity (Wildman–Crippen MR) is 74.4 cm³/mol. The molecular weight excluding hydrogens is 222 g/mol. The first-order valence-electron chi connectivity index (χ1n) is 7.85. The molecule has 102 valence electrons. The van der Waals surface area contributed by atoms with E-state index in [4.69, 9.17) is 10.5 Å². The summed E-state index contributed by atoms with van der Waals surface area (Å²) >= 11 is 0. The van der Waals surface area contributed by atoms with E-state index in [2.05, 4.69) is 6.08 Å². The SMILES string of the molecule is NC(CC1=CCCCC1)C1CCOC2(CCC2)C1. The lowest BCUT2D eigenvalue weighted by Gasteiger charge is -2.48. The second-order valence-corrected chi connectivity index (χ2v) is 6.61. The largest absolute Gasteiger partial charge is 0.375 e. The van der Waals surface area contributed by atoms with Gasteiger partial charge in [-0.25, -0.2) is 0 Å². The van der Waals surface area contributed by atoms with Crippen molar-refractivity contribution >= 4 is 0 Å². The Morgan fingerprint density at radius 1 is 1.33 bits per heavy atom. The molecule has 1 heterocycles. The Balaban J connectivity index is 1.54. The van der Waals surface area contributed by atoms with Crippen molar-refractivity contribution < 1.29 is 4.74 Å². The van der Waals surface area contributed by atoms with Gasteiger partial charge in [-0.1, -0.05) is 11.6 Å². The second-order valence-electron chi connectivity index (χ2n) is 6.61. The smallest absolute Gasteiger partial charge is 0.0685 e. The van der Waals surface area contributed by atoms with E-state index in [1.165, 1.54) is 57.8 Å². The summed E-state index contributed by atoms with van der Waals surface area (Å²) in [4.78, 5) is 0. The third kappa shape index (κ3) is 2.65. The minimum Gasteiger partial charge on any atom is -0.375 e. The fourth-order valence-electron chi connectivity index (χ4n) is 3.91. The van der Waals surface area contributed by atoms with Gasteiger partial charge in [0.05, 0.1) is 5.60 Å². The zero-order chi connectivity index (χ0) is 12.4. The van der Waals surface area contributed by atoms with Gasteiger partial charge >= 0.3 is 0 Å². The summed E-state index contributed by atoms with van der Waals surface area (Å²) in [6, 6.07) is 0.371. The summed E-state index contributed by atoms with van der Waals surface area (Å²) < 4.78 is 6.00. The van der Waals surface area contributed by atoms with Crippen molar-refractivity contribution in [1.82, 2.24) is 0 Å². The van der Waals surface area contributed by atoms with Crippen molar-refractivity contribution in [3.05, 3.63) is 11.6 Å². The lowest BCUT2D eigenvalue weighted by atomic mass is 9.70. The van der Waals surface area contributed by atoms with Crippen LogP contribution in [0.1, 0.15) is 64.2 Å². The van der Waals surface area contributed by atoms with Crippen LogP contribution in [0.2, 0.25) is 0 Å². The van der Waals surface area contributed by atoms with Crippen LogP contribution in [0.25, 0.3) is 0 Å². The number of rotatable bonds is 3. The quantitative estimate of drug-likeness (QED) is 0.776. The van der Waals surface area contributed by atoms with Crippen molar-refractivity contribution in [3.8, 4) is 0 Å². The Bertz CT molecular complexity index is 319. The van der Waals surface area contributed by atoms with Gasteiger partial charge in [-0.15, -0.1) is 0 Å². The Kier molecular flexibility index (Phi) is 3.76. The van der Waals surface area contributed by atoms with Crippen LogP contribution in [0.3, 0.4) is 0 Å². The van der Waals surface area contributed by atoms with Gasteiger partial charge in [0.2, 0.25) is 0 Å². The van der Waals surface area contributed by atoms with Crippen LogP contribution < -0.4 is 5.73 Å². The summed E-state index contributed by atoms with van der Waals surface area (Å²) in [6.07, 6.45) is 15.2. The van der Waals surface area contributed by atoms with Gasteiger partial charge in [0.25, 0.3) is 0 Å². The minimum atomic E-state index is 0.251. The molecule has 0 radical (unpaired) electrons. The molecule has 0 bridgehead atoms. The summed E-state index contributed by atoms with van der Waals surface area (Å²) in [7, 11) is 0. The van der Waals surface area contributed by atoms with E-state index < -0.39 is 0 Å². The van der Waals surface area contributed by atoms with Crippen molar-refractivity contribution in [2.45, 2.75) is 75.9 Å². The van der Waals surface area contributed by atoms with E-state index in [-0.39, 0.29) is 5.60 Å². The van der Waals surface area contributed by atoms with Gasteiger partial charge in [-0.3, -0.25) is 0 Å². The van der Waals surface area contributed by atoms with E-state index in [9.17, 15) is 0 Å². The molecule has 2 fully saturated rings. The van der Waals surface area contributed by atoms with Crippen LogP contribution in [0.5, 0.6) is 0 Å². The molecule has 2 nitrogen and oxygen atoms in total. The second kappa shape index (κ2) is 5.34. The van der Waals surface area contributed by atoms with Crippen LogP contribution in [-0.4, -0.2) is 18.2 Å². The average Bonchev–Trinajstić information content (AvgIpc) is 2.38. The Morgan fingerprint density at radius 3 is 2.89 bits per heavy atom. The topological polar surface area (TPSA) is 35.2 Å². The fraction of sp³-hybridized carbons (Fsp3) is 0.875. The van der Waals surface area contributed by atoms with Gasteiger partial charge in [0.1, 0.15) is 0 Å². The number of hydrogen-bond acceptors (Lipinski definition) is 2. The normalized spacial score (nSPS) is 32.7. The maximum Gasteiger partial charge on any atom is 0.0685 e. The lowest BCUT2D eigenvalue weighted by Crippen LogP contribution is -2.49. The van der Waals surface area contributed by atoms with Crippen LogP contribution in [0.15, 0.2) is 11.6 Å². The first kappa shape index (κ1) is 12.7. The summed E-state index contributed by atoms with van der Waals surface area (Å²) in [6.45, 7) is 0.942. The van der Waals surface area contributed by atoms with Crippen LogP contribution in [0.4, 0.5) is 0 Å². The molecule has 2 N–H and O–H groups in total. The molecule has 0 amide bonds. The minimum absolute atomic E-state index is 0.251. The third-order valence-corrected chi connectivity index (χ3v) is 5.28. The van der Waals surface area contributed by atoms with Gasteiger partial charge in [-0.2, -0.15) is 0 Å². The summed E-state index contributed by atoms with van der Waals surface area (Å²) in [5.74, 6) is 0.696. The molecule has 18 heavy (non-hydrogen) atoms. The molecular formula is C16H27NO. The predicted octanol–water partition coefficient (Wildman–Crippen LogP) is 3.55. The lowest BCUT2D eigenvalue weighted by molar-refractivity contribution is -0.145. The number of hydrogen-bond donors (Lipinski definition) is 1. The van der Waals surface area contributed by atoms with Crippen LogP contribution in [0, 0.1) is 5.92 Å². The van der Waals surface area contributed by atoms with Crippen molar-refractivity contribution in [2.24, 2.45) is 11.7 Å². The highest BCUT2D eigenvalue weighted by Crippen LogP contribution is 2.45. The average molecular weight is 249 g/mol. The molecule has 3 rings (SSSR count). The zero-order valence-corrected chi connectivity index (χ0v) is 11.5. The fourth-order valence-corrected chi connectivity index (χ4v) is 3.91. The maximum atomic E-state index is 6.48. The monoisotopic (exact) mass is 249 g/mol. The highest BCUT2D eigenvalue weighted by Gasteiger charge is 2.43. The first-order valence-corrected chi connectivity index (χ1v) is 7.85. The molecule has 0 aromatic rings. The van der Waals surface area contributed by atoms with Crippen molar-refractivity contribution in [2.75, 3.05) is 6.61 Å². The van der Waals surface area contributed by atoms with E-state index in [0.717, 1.165) is 13.0 Å².